The largest absolute Gasteiger partial charge is 0.411 e. The number of halogens is 1. The number of aryl methyl sites for hydroxylation is 1. The topological polar surface area (TPSA) is 65.0 Å². The first-order valence-electron chi connectivity index (χ1n) is 5.85. The van der Waals surface area contributed by atoms with E-state index >= 15 is 0 Å². The molecule has 0 aliphatic rings. The predicted octanol–water partition coefficient (Wildman–Crippen LogP) is 3.98. The molecule has 0 saturated heterocycles. The summed E-state index contributed by atoms with van der Waals surface area (Å²) in [6.07, 6.45) is 0. The minimum absolute atomic E-state index is 0.470. The van der Waals surface area contributed by atoms with Gasteiger partial charge in [0.2, 0.25) is 5.89 Å². The third-order valence-electron chi connectivity index (χ3n) is 2.51. The van der Waals surface area contributed by atoms with Gasteiger partial charge in [-0.1, -0.05) is 28.5 Å². The maximum absolute atomic E-state index is 5.84. The van der Waals surface area contributed by atoms with Gasteiger partial charge in [-0.05, 0) is 31.2 Å². The molecule has 1 aromatic carbocycles. The normalized spacial score (nSPS) is 10.9. The first kappa shape index (κ1) is 13.2. The molecule has 0 bridgehead atoms. The molecule has 5 nitrogen and oxygen atoms in total. The van der Waals surface area contributed by atoms with E-state index in [2.05, 4.69) is 15.4 Å². The Morgan fingerprint density at radius 3 is 2.70 bits per heavy atom. The minimum atomic E-state index is 0.470. The molecular weight excluding hydrogens is 298 g/mol. The summed E-state index contributed by atoms with van der Waals surface area (Å²) in [5.74, 6) is 1.85. The van der Waals surface area contributed by atoms with Gasteiger partial charge in [0.25, 0.3) is 5.22 Å². The summed E-state index contributed by atoms with van der Waals surface area (Å²) in [6, 6.07) is 9.12. The van der Waals surface area contributed by atoms with Crippen LogP contribution in [0.2, 0.25) is 5.02 Å². The van der Waals surface area contributed by atoms with Crippen LogP contribution < -0.4 is 0 Å². The minimum Gasteiger partial charge on any atom is -0.411 e. The predicted molar refractivity (Wildman–Crippen MR) is 75.5 cm³/mol. The van der Waals surface area contributed by atoms with E-state index in [-0.39, 0.29) is 0 Å². The summed E-state index contributed by atoms with van der Waals surface area (Å²) in [7, 11) is 0. The molecule has 0 fully saturated rings. The smallest absolute Gasteiger partial charge is 0.277 e. The van der Waals surface area contributed by atoms with E-state index in [1.165, 1.54) is 11.8 Å². The fourth-order valence-corrected chi connectivity index (χ4v) is 2.36. The SMILES string of the molecule is Cc1cc(CSc2nnc(-c3ccc(Cl)cc3)o2)on1. The molecule has 20 heavy (non-hydrogen) atoms. The van der Waals surface area contributed by atoms with Crippen molar-refractivity contribution in [2.24, 2.45) is 0 Å². The Hall–Kier alpha value is -1.79. The molecule has 0 N–H and O–H groups in total. The van der Waals surface area contributed by atoms with Crippen LogP contribution >= 0.6 is 23.4 Å². The van der Waals surface area contributed by atoms with Crippen LogP contribution in [0.25, 0.3) is 11.5 Å². The molecule has 0 saturated carbocycles. The van der Waals surface area contributed by atoms with Crippen molar-refractivity contribution in [3.05, 3.63) is 46.8 Å². The maximum Gasteiger partial charge on any atom is 0.277 e. The van der Waals surface area contributed by atoms with Crippen molar-refractivity contribution in [2.75, 3.05) is 0 Å². The molecule has 3 rings (SSSR count). The Bertz CT molecular complexity index is 708. The summed E-state index contributed by atoms with van der Waals surface area (Å²) in [4.78, 5) is 0. The quantitative estimate of drug-likeness (QED) is 0.679. The van der Waals surface area contributed by atoms with Crippen molar-refractivity contribution in [1.82, 2.24) is 15.4 Å². The van der Waals surface area contributed by atoms with E-state index < -0.39 is 0 Å². The molecule has 0 aliphatic carbocycles. The second-order valence-electron chi connectivity index (χ2n) is 4.10. The summed E-state index contributed by atoms with van der Waals surface area (Å²) in [5, 5.41) is 13.0. The van der Waals surface area contributed by atoms with Crippen molar-refractivity contribution in [1.29, 1.82) is 0 Å². The zero-order chi connectivity index (χ0) is 13.9. The molecule has 0 unspecified atom stereocenters. The number of hydrogen-bond acceptors (Lipinski definition) is 6. The molecule has 2 aromatic heterocycles. The molecule has 0 spiro atoms. The summed E-state index contributed by atoms with van der Waals surface area (Å²) in [5.41, 5.74) is 1.69. The number of nitrogens with zero attached hydrogens (tertiary/aromatic N) is 3. The van der Waals surface area contributed by atoms with E-state index in [9.17, 15) is 0 Å². The van der Waals surface area contributed by atoms with Gasteiger partial charge < -0.3 is 8.94 Å². The molecule has 0 aliphatic heterocycles. The van der Waals surface area contributed by atoms with Crippen LogP contribution in [0, 0.1) is 6.92 Å². The van der Waals surface area contributed by atoms with E-state index in [0.717, 1.165) is 17.0 Å². The Morgan fingerprint density at radius 1 is 1.20 bits per heavy atom. The Morgan fingerprint density at radius 2 is 2.00 bits per heavy atom. The van der Waals surface area contributed by atoms with Crippen molar-refractivity contribution in [3.8, 4) is 11.5 Å². The fraction of sp³-hybridized carbons (Fsp3) is 0.154. The number of rotatable bonds is 4. The first-order chi connectivity index (χ1) is 9.70. The standard InChI is InChI=1S/C13H10ClN3O2S/c1-8-6-11(19-17-8)7-20-13-16-15-12(18-13)9-2-4-10(14)5-3-9/h2-6H,7H2,1H3. The number of thioether (sulfide) groups is 1. The fourth-order valence-electron chi connectivity index (χ4n) is 1.59. The van der Waals surface area contributed by atoms with Gasteiger partial charge in [0.05, 0.1) is 11.4 Å². The Labute approximate surface area is 124 Å². The zero-order valence-corrected chi connectivity index (χ0v) is 12.1. The number of aromatic nitrogens is 3. The Kier molecular flexibility index (Phi) is 3.75. The van der Waals surface area contributed by atoms with Gasteiger partial charge in [0, 0.05) is 16.7 Å². The summed E-state index contributed by atoms with van der Waals surface area (Å²) in [6.45, 7) is 1.88. The van der Waals surface area contributed by atoms with E-state index in [1.807, 2.05) is 25.1 Å². The van der Waals surface area contributed by atoms with Crippen LogP contribution in [0.5, 0.6) is 0 Å². The summed E-state index contributed by atoms with van der Waals surface area (Å²) < 4.78 is 10.7. The second kappa shape index (κ2) is 5.68. The molecule has 7 heteroatoms. The van der Waals surface area contributed by atoms with Crippen LogP contribution in [0.15, 0.2) is 44.5 Å². The molecule has 2 heterocycles. The first-order valence-corrected chi connectivity index (χ1v) is 7.21. The molecule has 3 aromatic rings. The van der Waals surface area contributed by atoms with Gasteiger partial charge >= 0.3 is 0 Å². The van der Waals surface area contributed by atoms with Crippen LogP contribution in [0.4, 0.5) is 0 Å². The highest BCUT2D eigenvalue weighted by Gasteiger charge is 2.10. The molecule has 102 valence electrons. The highest BCUT2D eigenvalue weighted by atomic mass is 35.5. The van der Waals surface area contributed by atoms with Gasteiger partial charge in [-0.3, -0.25) is 0 Å². The second-order valence-corrected chi connectivity index (χ2v) is 5.47. The lowest BCUT2D eigenvalue weighted by molar-refractivity contribution is 0.390. The monoisotopic (exact) mass is 307 g/mol. The van der Waals surface area contributed by atoms with Crippen LogP contribution in [-0.2, 0) is 5.75 Å². The van der Waals surface area contributed by atoms with Gasteiger partial charge in [-0.15, -0.1) is 10.2 Å². The lowest BCUT2D eigenvalue weighted by Gasteiger charge is -1.94. The summed E-state index contributed by atoms with van der Waals surface area (Å²) >= 11 is 7.24. The lowest BCUT2D eigenvalue weighted by atomic mass is 10.2. The van der Waals surface area contributed by atoms with E-state index in [4.69, 9.17) is 20.5 Å². The van der Waals surface area contributed by atoms with Gasteiger partial charge in [0.15, 0.2) is 0 Å². The zero-order valence-electron chi connectivity index (χ0n) is 10.5. The molecule has 0 radical (unpaired) electrons. The third kappa shape index (κ3) is 3.02. The third-order valence-corrected chi connectivity index (χ3v) is 3.61. The highest BCUT2D eigenvalue weighted by molar-refractivity contribution is 7.98. The Balaban J connectivity index is 1.69. The van der Waals surface area contributed by atoms with Gasteiger partial charge in [0.1, 0.15) is 5.76 Å². The molecule has 0 atom stereocenters. The van der Waals surface area contributed by atoms with Crippen LogP contribution in [-0.4, -0.2) is 15.4 Å². The number of benzene rings is 1. The maximum atomic E-state index is 5.84. The van der Waals surface area contributed by atoms with Crippen LogP contribution in [0.3, 0.4) is 0 Å². The number of hydrogen-bond donors (Lipinski definition) is 0. The van der Waals surface area contributed by atoms with Gasteiger partial charge in [-0.25, -0.2) is 0 Å². The van der Waals surface area contributed by atoms with Crippen molar-refractivity contribution >= 4 is 23.4 Å². The van der Waals surface area contributed by atoms with E-state index in [1.54, 1.807) is 12.1 Å². The van der Waals surface area contributed by atoms with Crippen molar-refractivity contribution in [3.63, 3.8) is 0 Å². The van der Waals surface area contributed by atoms with Gasteiger partial charge in [-0.2, -0.15) is 0 Å². The highest BCUT2D eigenvalue weighted by Crippen LogP contribution is 2.26. The van der Waals surface area contributed by atoms with E-state index in [0.29, 0.717) is 21.9 Å². The molecular formula is C13H10ClN3O2S. The van der Waals surface area contributed by atoms with Crippen molar-refractivity contribution in [2.45, 2.75) is 17.9 Å². The average molecular weight is 308 g/mol. The molecule has 0 amide bonds. The van der Waals surface area contributed by atoms with Crippen molar-refractivity contribution < 1.29 is 8.94 Å². The lowest BCUT2D eigenvalue weighted by Crippen LogP contribution is -1.76. The average Bonchev–Trinajstić information content (AvgIpc) is 3.06. The van der Waals surface area contributed by atoms with Crippen LogP contribution in [0.1, 0.15) is 11.5 Å².